The van der Waals surface area contributed by atoms with Crippen LogP contribution in [0.15, 0.2) is 4.99 Å². The van der Waals surface area contributed by atoms with Crippen molar-refractivity contribution >= 4 is 11.9 Å². The molecule has 1 atom stereocenters. The van der Waals surface area contributed by atoms with Gasteiger partial charge in [-0.25, -0.2) is 0 Å². The van der Waals surface area contributed by atoms with E-state index in [-0.39, 0.29) is 11.4 Å². The van der Waals surface area contributed by atoms with Crippen LogP contribution in [0.2, 0.25) is 0 Å². The number of amides is 1. The van der Waals surface area contributed by atoms with E-state index in [1.807, 2.05) is 32.7 Å². The summed E-state index contributed by atoms with van der Waals surface area (Å²) in [4.78, 5) is 20.8. The van der Waals surface area contributed by atoms with Gasteiger partial charge in [0.05, 0.1) is 6.54 Å². The minimum Gasteiger partial charge on any atom is -0.355 e. The summed E-state index contributed by atoms with van der Waals surface area (Å²) >= 11 is 0. The second-order valence-electron chi connectivity index (χ2n) is 7.36. The normalized spacial score (nSPS) is 20.3. The predicted octanol–water partition coefficient (Wildman–Crippen LogP) is 1.28. The Balaban J connectivity index is 2.48. The molecular weight excluding hydrogens is 290 g/mol. The molecule has 0 aromatic rings. The molecule has 1 saturated heterocycles. The van der Waals surface area contributed by atoms with Gasteiger partial charge in [0.15, 0.2) is 5.96 Å². The molecule has 134 valence electrons. The summed E-state index contributed by atoms with van der Waals surface area (Å²) in [6.07, 6.45) is 3.82. The molecule has 1 heterocycles. The average molecular weight is 326 g/mol. The zero-order valence-corrected chi connectivity index (χ0v) is 15.8. The zero-order valence-electron chi connectivity index (χ0n) is 15.8. The number of likely N-dealkylation sites (N-methyl/N-ethyl adjacent to an activating group) is 2. The molecular formula is C17H35N5O. The first-order chi connectivity index (χ1) is 10.8. The van der Waals surface area contributed by atoms with E-state index in [0.717, 1.165) is 19.0 Å². The van der Waals surface area contributed by atoms with Gasteiger partial charge >= 0.3 is 0 Å². The van der Waals surface area contributed by atoms with Crippen LogP contribution >= 0.6 is 0 Å². The van der Waals surface area contributed by atoms with E-state index in [0.29, 0.717) is 12.6 Å². The Morgan fingerprint density at radius 1 is 1.35 bits per heavy atom. The second kappa shape index (κ2) is 9.11. The molecule has 0 saturated carbocycles. The zero-order chi connectivity index (χ0) is 17.5. The maximum Gasteiger partial charge on any atom is 0.240 e. The minimum absolute atomic E-state index is 0.0100. The number of aliphatic imine (C=N–C) groups is 1. The Morgan fingerprint density at radius 2 is 2.04 bits per heavy atom. The van der Waals surface area contributed by atoms with E-state index in [2.05, 4.69) is 27.4 Å². The molecule has 0 radical (unpaired) electrons. The lowest BCUT2D eigenvalue weighted by Crippen LogP contribution is -2.52. The van der Waals surface area contributed by atoms with Crippen LogP contribution in [0, 0.1) is 0 Å². The van der Waals surface area contributed by atoms with E-state index < -0.39 is 0 Å². The fraction of sp³-hybridized carbons (Fsp3) is 0.882. The van der Waals surface area contributed by atoms with Crippen molar-refractivity contribution in [2.75, 3.05) is 40.3 Å². The first-order valence-corrected chi connectivity index (χ1v) is 8.73. The number of rotatable bonds is 5. The van der Waals surface area contributed by atoms with Crippen LogP contribution in [0.4, 0.5) is 0 Å². The Hall–Kier alpha value is -1.30. The number of hydrogen-bond donors (Lipinski definition) is 2. The highest BCUT2D eigenvalue weighted by Gasteiger charge is 2.22. The van der Waals surface area contributed by atoms with Gasteiger partial charge in [-0.2, -0.15) is 0 Å². The number of nitrogens with one attached hydrogen (secondary N) is 2. The largest absolute Gasteiger partial charge is 0.355 e. The van der Waals surface area contributed by atoms with Crippen molar-refractivity contribution in [1.29, 1.82) is 0 Å². The number of guanidine groups is 1. The third-order valence-electron chi connectivity index (χ3n) is 4.12. The molecule has 6 heteroatoms. The first-order valence-electron chi connectivity index (χ1n) is 8.73. The van der Waals surface area contributed by atoms with Gasteiger partial charge in [0.25, 0.3) is 0 Å². The third kappa shape index (κ3) is 7.20. The highest BCUT2D eigenvalue weighted by atomic mass is 16.2. The Morgan fingerprint density at radius 3 is 2.61 bits per heavy atom. The smallest absolute Gasteiger partial charge is 0.240 e. The SMILES string of the molecule is CCN1CCCCC1CNC(=NC)N(C)CC(=O)NC(C)(C)C. The van der Waals surface area contributed by atoms with Crippen LogP contribution in [-0.4, -0.2) is 73.5 Å². The molecule has 1 unspecified atom stereocenters. The summed E-state index contributed by atoms with van der Waals surface area (Å²) in [5, 5.41) is 6.40. The maximum atomic E-state index is 12.0. The summed E-state index contributed by atoms with van der Waals surface area (Å²) in [5.41, 5.74) is -0.210. The van der Waals surface area contributed by atoms with Gasteiger partial charge in [-0.05, 0) is 46.7 Å². The van der Waals surface area contributed by atoms with Gasteiger partial charge in [-0.3, -0.25) is 14.7 Å². The highest BCUT2D eigenvalue weighted by molar-refractivity contribution is 5.86. The van der Waals surface area contributed by atoms with E-state index in [1.54, 1.807) is 7.05 Å². The molecule has 1 aliphatic heterocycles. The van der Waals surface area contributed by atoms with Gasteiger partial charge in [-0.1, -0.05) is 13.3 Å². The summed E-state index contributed by atoms with van der Waals surface area (Å²) in [7, 11) is 3.66. The predicted molar refractivity (Wildman–Crippen MR) is 96.8 cm³/mol. The quantitative estimate of drug-likeness (QED) is 0.590. The Bertz CT molecular complexity index is 402. The van der Waals surface area contributed by atoms with Gasteiger partial charge < -0.3 is 15.5 Å². The molecule has 1 fully saturated rings. The summed E-state index contributed by atoms with van der Waals surface area (Å²) in [5.74, 6) is 0.784. The number of piperidine rings is 1. The fourth-order valence-corrected chi connectivity index (χ4v) is 3.05. The van der Waals surface area contributed by atoms with Crippen LogP contribution < -0.4 is 10.6 Å². The van der Waals surface area contributed by atoms with Gasteiger partial charge in [-0.15, -0.1) is 0 Å². The van der Waals surface area contributed by atoms with Gasteiger partial charge in [0.2, 0.25) is 5.91 Å². The monoisotopic (exact) mass is 325 g/mol. The molecule has 0 bridgehead atoms. The topological polar surface area (TPSA) is 60.0 Å². The molecule has 1 amide bonds. The summed E-state index contributed by atoms with van der Waals surface area (Å²) in [6, 6.07) is 0.558. The van der Waals surface area contributed by atoms with Crippen molar-refractivity contribution < 1.29 is 4.79 Å². The van der Waals surface area contributed by atoms with Crippen LogP contribution in [0.1, 0.15) is 47.0 Å². The minimum atomic E-state index is -0.210. The lowest BCUT2D eigenvalue weighted by molar-refractivity contribution is -0.122. The highest BCUT2D eigenvalue weighted by Crippen LogP contribution is 2.15. The number of carbonyl (C=O) groups is 1. The van der Waals surface area contributed by atoms with Crippen molar-refractivity contribution in [3.05, 3.63) is 0 Å². The van der Waals surface area contributed by atoms with E-state index in [9.17, 15) is 4.79 Å². The summed E-state index contributed by atoms with van der Waals surface area (Å²) in [6.45, 7) is 11.6. The molecule has 23 heavy (non-hydrogen) atoms. The third-order valence-corrected chi connectivity index (χ3v) is 4.12. The van der Waals surface area contributed by atoms with Crippen LogP contribution in [0.25, 0.3) is 0 Å². The lowest BCUT2D eigenvalue weighted by Gasteiger charge is -2.35. The van der Waals surface area contributed by atoms with E-state index in [4.69, 9.17) is 0 Å². The molecule has 2 N–H and O–H groups in total. The van der Waals surface area contributed by atoms with Crippen LogP contribution in [-0.2, 0) is 4.79 Å². The molecule has 6 nitrogen and oxygen atoms in total. The van der Waals surface area contributed by atoms with Crippen LogP contribution in [0.5, 0.6) is 0 Å². The van der Waals surface area contributed by atoms with Gasteiger partial charge in [0.1, 0.15) is 0 Å². The number of hydrogen-bond acceptors (Lipinski definition) is 3. The van der Waals surface area contributed by atoms with Crippen molar-refractivity contribution in [3.8, 4) is 0 Å². The second-order valence-corrected chi connectivity index (χ2v) is 7.36. The van der Waals surface area contributed by atoms with Crippen molar-refractivity contribution in [2.24, 2.45) is 4.99 Å². The van der Waals surface area contributed by atoms with Crippen LogP contribution in [0.3, 0.4) is 0 Å². The standard InChI is InChI=1S/C17H35N5O/c1-7-22-11-9-8-10-14(22)12-19-16(18-5)21(6)13-15(23)20-17(2,3)4/h14H,7-13H2,1-6H3,(H,18,19)(H,20,23). The first kappa shape index (κ1) is 19.7. The maximum absolute atomic E-state index is 12.0. The Labute approximate surface area is 141 Å². The molecule has 0 aromatic carbocycles. The number of nitrogens with zero attached hydrogens (tertiary/aromatic N) is 3. The molecule has 0 spiro atoms. The molecule has 0 aliphatic carbocycles. The molecule has 1 rings (SSSR count). The average Bonchev–Trinajstić information content (AvgIpc) is 2.46. The van der Waals surface area contributed by atoms with Gasteiger partial charge in [0, 0.05) is 32.2 Å². The lowest BCUT2D eigenvalue weighted by atomic mass is 10.0. The van der Waals surface area contributed by atoms with E-state index in [1.165, 1.54) is 25.8 Å². The Kier molecular flexibility index (Phi) is 7.82. The number of likely N-dealkylation sites (tertiary alicyclic amines) is 1. The molecule has 1 aliphatic rings. The van der Waals surface area contributed by atoms with E-state index >= 15 is 0 Å². The van der Waals surface area contributed by atoms with Crippen molar-refractivity contribution in [2.45, 2.75) is 58.5 Å². The van der Waals surface area contributed by atoms with Crippen molar-refractivity contribution in [1.82, 2.24) is 20.4 Å². The molecule has 0 aromatic heterocycles. The fourth-order valence-electron chi connectivity index (χ4n) is 3.05. The van der Waals surface area contributed by atoms with Crippen molar-refractivity contribution in [3.63, 3.8) is 0 Å². The number of carbonyl (C=O) groups excluding carboxylic acids is 1. The summed E-state index contributed by atoms with van der Waals surface area (Å²) < 4.78 is 0.